The van der Waals surface area contributed by atoms with E-state index in [4.69, 9.17) is 4.42 Å². The zero-order chi connectivity index (χ0) is 25.9. The van der Waals surface area contributed by atoms with Crippen LogP contribution in [0.3, 0.4) is 0 Å². The number of amides is 2. The van der Waals surface area contributed by atoms with Gasteiger partial charge in [-0.05, 0) is 50.2 Å². The number of carbonyl (C=O) groups excluding carboxylic acids is 2. The highest BCUT2D eigenvalue weighted by molar-refractivity contribution is 5.92. The lowest BCUT2D eigenvalue weighted by molar-refractivity contribution is -0.123. The van der Waals surface area contributed by atoms with Crippen LogP contribution in [0.1, 0.15) is 54.2 Å². The Bertz CT molecular complexity index is 1350. The molecule has 2 amide bonds. The molecule has 192 valence electrons. The van der Waals surface area contributed by atoms with Gasteiger partial charge in [-0.2, -0.15) is 0 Å². The van der Waals surface area contributed by atoms with Gasteiger partial charge in [0, 0.05) is 31.7 Å². The number of aromatic nitrogens is 2. The molecule has 0 spiro atoms. The summed E-state index contributed by atoms with van der Waals surface area (Å²) in [6, 6.07) is 19.0. The maximum absolute atomic E-state index is 13.2. The lowest BCUT2D eigenvalue weighted by atomic mass is 9.94. The third-order valence-electron chi connectivity index (χ3n) is 7.11. The van der Waals surface area contributed by atoms with Gasteiger partial charge in [0.15, 0.2) is 5.76 Å². The number of rotatable bonds is 7. The van der Waals surface area contributed by atoms with E-state index in [0.29, 0.717) is 31.0 Å². The summed E-state index contributed by atoms with van der Waals surface area (Å²) < 4.78 is 5.92. The molecule has 4 aromatic rings. The predicted octanol–water partition coefficient (Wildman–Crippen LogP) is 4.58. The van der Waals surface area contributed by atoms with E-state index in [2.05, 4.69) is 27.2 Å². The molecule has 0 bridgehead atoms. The first-order valence-corrected chi connectivity index (χ1v) is 12.9. The minimum atomic E-state index is -0.285. The molecule has 1 fully saturated rings. The molecule has 0 saturated carbocycles. The van der Waals surface area contributed by atoms with Gasteiger partial charge in [-0.25, -0.2) is 4.98 Å². The van der Waals surface area contributed by atoms with Crippen molar-refractivity contribution in [2.75, 3.05) is 33.2 Å². The van der Waals surface area contributed by atoms with Gasteiger partial charge in [0.1, 0.15) is 11.6 Å². The second kappa shape index (κ2) is 10.6. The van der Waals surface area contributed by atoms with Crippen molar-refractivity contribution in [1.29, 1.82) is 0 Å². The number of nitrogens with zero attached hydrogens (tertiary/aromatic N) is 3. The molecule has 2 aromatic carbocycles. The molecule has 5 rings (SSSR count). The van der Waals surface area contributed by atoms with Gasteiger partial charge in [0.05, 0.1) is 23.0 Å². The molecular weight excluding hydrogens is 466 g/mol. The van der Waals surface area contributed by atoms with E-state index in [-0.39, 0.29) is 23.8 Å². The van der Waals surface area contributed by atoms with Gasteiger partial charge < -0.3 is 24.5 Å². The topological polar surface area (TPSA) is 94.5 Å². The highest BCUT2D eigenvalue weighted by Gasteiger charge is 2.24. The summed E-state index contributed by atoms with van der Waals surface area (Å²) in [5.74, 6) is 1.33. The van der Waals surface area contributed by atoms with Crippen LogP contribution in [0.15, 0.2) is 65.1 Å². The predicted molar refractivity (Wildman–Crippen MR) is 143 cm³/mol. The van der Waals surface area contributed by atoms with Gasteiger partial charge >= 0.3 is 0 Å². The number of piperazine rings is 1. The first-order chi connectivity index (χ1) is 17.9. The Labute approximate surface area is 216 Å². The summed E-state index contributed by atoms with van der Waals surface area (Å²) >= 11 is 0. The summed E-state index contributed by atoms with van der Waals surface area (Å²) in [5, 5.41) is 3.11. The molecular formula is C29H33N5O3. The van der Waals surface area contributed by atoms with Crippen molar-refractivity contribution in [3.05, 3.63) is 77.8 Å². The van der Waals surface area contributed by atoms with E-state index < -0.39 is 0 Å². The Hall–Kier alpha value is -3.91. The lowest BCUT2D eigenvalue weighted by Crippen LogP contribution is -2.47. The molecule has 1 aliphatic rings. The van der Waals surface area contributed by atoms with Crippen molar-refractivity contribution in [2.45, 2.75) is 32.2 Å². The lowest BCUT2D eigenvalue weighted by Gasteiger charge is -2.31. The van der Waals surface area contributed by atoms with Gasteiger partial charge in [0.2, 0.25) is 5.91 Å². The molecule has 0 aliphatic carbocycles. The standard InChI is InChI=1S/C29H33N5O3/c1-4-22(28(35)30-19(2)27-31-23-7-5-6-8-24(23)32-27)20-9-11-21(12-10-20)25-13-14-26(37-25)29(36)34-17-15-33(3)16-18-34/h5-14,19,22H,4,15-18H2,1-3H3,(H,30,35)(H,31,32). The Kier molecular flexibility index (Phi) is 7.10. The van der Waals surface area contributed by atoms with Crippen LogP contribution in [-0.4, -0.2) is 64.8 Å². The first kappa shape index (κ1) is 24.8. The number of nitrogens with one attached hydrogen (secondary N) is 2. The van der Waals surface area contributed by atoms with E-state index in [1.165, 1.54) is 0 Å². The van der Waals surface area contributed by atoms with E-state index in [0.717, 1.165) is 41.1 Å². The zero-order valence-corrected chi connectivity index (χ0v) is 21.5. The average Bonchev–Trinajstić information content (AvgIpc) is 3.57. The summed E-state index contributed by atoms with van der Waals surface area (Å²) in [7, 11) is 2.06. The molecule has 2 atom stereocenters. The molecule has 2 unspecified atom stereocenters. The van der Waals surface area contributed by atoms with Crippen LogP contribution in [-0.2, 0) is 4.79 Å². The zero-order valence-electron chi connectivity index (χ0n) is 21.5. The fraction of sp³-hybridized carbons (Fsp3) is 0.345. The molecule has 8 nitrogen and oxygen atoms in total. The number of carbonyl (C=O) groups is 2. The largest absolute Gasteiger partial charge is 0.451 e. The smallest absolute Gasteiger partial charge is 0.289 e. The summed E-state index contributed by atoms with van der Waals surface area (Å²) in [6.07, 6.45) is 0.669. The molecule has 2 aromatic heterocycles. The van der Waals surface area contributed by atoms with Gasteiger partial charge in [-0.3, -0.25) is 9.59 Å². The number of hydrogen-bond acceptors (Lipinski definition) is 5. The molecule has 1 saturated heterocycles. The van der Waals surface area contributed by atoms with E-state index in [9.17, 15) is 9.59 Å². The van der Waals surface area contributed by atoms with Crippen molar-refractivity contribution in [1.82, 2.24) is 25.1 Å². The monoisotopic (exact) mass is 499 g/mol. The molecule has 37 heavy (non-hydrogen) atoms. The quantitative estimate of drug-likeness (QED) is 0.388. The Balaban J connectivity index is 1.24. The van der Waals surface area contributed by atoms with Crippen molar-refractivity contribution in [3.63, 3.8) is 0 Å². The number of H-pyrrole nitrogens is 1. The number of likely N-dealkylation sites (N-methyl/N-ethyl adjacent to an activating group) is 1. The normalized spacial score (nSPS) is 16.0. The second-order valence-corrected chi connectivity index (χ2v) is 9.71. The van der Waals surface area contributed by atoms with Crippen LogP contribution in [0.5, 0.6) is 0 Å². The number of fused-ring (bicyclic) bond motifs is 1. The maximum Gasteiger partial charge on any atom is 0.289 e. The molecule has 2 N–H and O–H groups in total. The Morgan fingerprint density at radius 1 is 1.03 bits per heavy atom. The third-order valence-corrected chi connectivity index (χ3v) is 7.11. The molecule has 8 heteroatoms. The molecule has 0 radical (unpaired) electrons. The Morgan fingerprint density at radius 2 is 1.76 bits per heavy atom. The van der Waals surface area contributed by atoms with E-state index >= 15 is 0 Å². The number of imidazole rings is 1. The second-order valence-electron chi connectivity index (χ2n) is 9.71. The minimum Gasteiger partial charge on any atom is -0.451 e. The first-order valence-electron chi connectivity index (χ1n) is 12.9. The van der Waals surface area contributed by atoms with Crippen LogP contribution in [0.25, 0.3) is 22.4 Å². The fourth-order valence-corrected chi connectivity index (χ4v) is 4.79. The van der Waals surface area contributed by atoms with Crippen LogP contribution < -0.4 is 5.32 Å². The van der Waals surface area contributed by atoms with Crippen LogP contribution in [0, 0.1) is 0 Å². The van der Waals surface area contributed by atoms with Crippen molar-refractivity contribution < 1.29 is 14.0 Å². The minimum absolute atomic E-state index is 0.0405. The SMILES string of the molecule is CCC(C(=O)NC(C)c1nc2ccccc2[nH]1)c1ccc(-c2ccc(C(=O)N3CCN(C)CC3)o2)cc1. The van der Waals surface area contributed by atoms with Crippen molar-refractivity contribution >= 4 is 22.8 Å². The number of hydrogen-bond donors (Lipinski definition) is 2. The number of para-hydroxylation sites is 2. The van der Waals surface area contributed by atoms with Crippen molar-refractivity contribution in [2.24, 2.45) is 0 Å². The Morgan fingerprint density at radius 3 is 2.46 bits per heavy atom. The molecule has 1 aliphatic heterocycles. The van der Waals surface area contributed by atoms with E-state index in [1.807, 2.05) is 73.3 Å². The van der Waals surface area contributed by atoms with Crippen LogP contribution in [0.4, 0.5) is 0 Å². The van der Waals surface area contributed by atoms with Crippen molar-refractivity contribution in [3.8, 4) is 11.3 Å². The highest BCUT2D eigenvalue weighted by atomic mass is 16.4. The maximum atomic E-state index is 13.2. The number of aromatic amines is 1. The van der Waals surface area contributed by atoms with Crippen LogP contribution >= 0.6 is 0 Å². The van der Waals surface area contributed by atoms with Gasteiger partial charge in [0.25, 0.3) is 5.91 Å². The van der Waals surface area contributed by atoms with Crippen LogP contribution in [0.2, 0.25) is 0 Å². The fourth-order valence-electron chi connectivity index (χ4n) is 4.79. The number of furan rings is 1. The number of benzene rings is 2. The summed E-state index contributed by atoms with van der Waals surface area (Å²) in [5.41, 5.74) is 3.63. The average molecular weight is 500 g/mol. The van der Waals surface area contributed by atoms with Gasteiger partial charge in [-0.15, -0.1) is 0 Å². The molecule has 3 heterocycles. The summed E-state index contributed by atoms with van der Waals surface area (Å²) in [6.45, 7) is 7.08. The van der Waals surface area contributed by atoms with Gasteiger partial charge in [-0.1, -0.05) is 43.3 Å². The summed E-state index contributed by atoms with van der Waals surface area (Å²) in [4.78, 5) is 37.9. The third kappa shape index (κ3) is 5.29. The highest BCUT2D eigenvalue weighted by Crippen LogP contribution is 2.27. The van der Waals surface area contributed by atoms with E-state index in [1.54, 1.807) is 6.07 Å².